The summed E-state index contributed by atoms with van der Waals surface area (Å²) in [5, 5.41) is 5.65. The lowest BCUT2D eigenvalue weighted by molar-refractivity contribution is 0.227. The summed E-state index contributed by atoms with van der Waals surface area (Å²) in [6.07, 6.45) is 5.20. The molecule has 0 spiro atoms. The topological polar surface area (TPSA) is 15.3 Å². The Bertz CT molecular complexity index is 276. The zero-order valence-electron chi connectivity index (χ0n) is 10.1. The third-order valence-corrected chi connectivity index (χ3v) is 4.40. The van der Waals surface area contributed by atoms with Crippen LogP contribution in [0.1, 0.15) is 24.1 Å². The zero-order chi connectivity index (χ0) is 11.2. The molecule has 1 fully saturated rings. The van der Waals surface area contributed by atoms with Crippen molar-refractivity contribution < 1.29 is 0 Å². The van der Waals surface area contributed by atoms with Gasteiger partial charge >= 0.3 is 0 Å². The molecule has 1 unspecified atom stereocenters. The van der Waals surface area contributed by atoms with Crippen molar-refractivity contribution >= 4 is 11.3 Å². The first-order valence-corrected chi connectivity index (χ1v) is 7.17. The molecule has 1 atom stereocenters. The van der Waals surface area contributed by atoms with Crippen LogP contribution in [0.3, 0.4) is 0 Å². The van der Waals surface area contributed by atoms with Crippen molar-refractivity contribution in [3.63, 3.8) is 0 Å². The SMILES string of the molecule is CN(CCc1cccs1)C1CCCNCC1. The lowest BCUT2D eigenvalue weighted by atomic mass is 10.1. The van der Waals surface area contributed by atoms with Crippen LogP contribution in [0.15, 0.2) is 17.5 Å². The van der Waals surface area contributed by atoms with Crippen LogP contribution >= 0.6 is 11.3 Å². The second kappa shape index (κ2) is 6.38. The number of hydrogen-bond acceptors (Lipinski definition) is 3. The van der Waals surface area contributed by atoms with Gasteiger partial charge in [0.25, 0.3) is 0 Å². The van der Waals surface area contributed by atoms with Gasteiger partial charge in [-0.1, -0.05) is 6.07 Å². The highest BCUT2D eigenvalue weighted by molar-refractivity contribution is 7.09. The monoisotopic (exact) mass is 238 g/mol. The first-order valence-electron chi connectivity index (χ1n) is 6.29. The lowest BCUT2D eigenvalue weighted by Gasteiger charge is -2.26. The van der Waals surface area contributed by atoms with Gasteiger partial charge in [-0.05, 0) is 57.3 Å². The van der Waals surface area contributed by atoms with Crippen molar-refractivity contribution in [3.8, 4) is 0 Å². The quantitative estimate of drug-likeness (QED) is 0.866. The zero-order valence-corrected chi connectivity index (χ0v) is 10.9. The van der Waals surface area contributed by atoms with Gasteiger partial charge in [-0.3, -0.25) is 0 Å². The molecule has 1 aromatic heterocycles. The van der Waals surface area contributed by atoms with Gasteiger partial charge < -0.3 is 10.2 Å². The van der Waals surface area contributed by atoms with Gasteiger partial charge in [0.05, 0.1) is 0 Å². The van der Waals surface area contributed by atoms with Crippen molar-refractivity contribution in [2.24, 2.45) is 0 Å². The summed E-state index contributed by atoms with van der Waals surface area (Å²) in [7, 11) is 2.28. The first kappa shape index (κ1) is 12.1. The minimum atomic E-state index is 0.787. The van der Waals surface area contributed by atoms with E-state index < -0.39 is 0 Å². The molecule has 1 aliphatic heterocycles. The Morgan fingerprint density at radius 2 is 2.38 bits per heavy atom. The Morgan fingerprint density at radius 3 is 3.19 bits per heavy atom. The van der Waals surface area contributed by atoms with E-state index in [0.29, 0.717) is 0 Å². The van der Waals surface area contributed by atoms with E-state index in [1.54, 1.807) is 0 Å². The smallest absolute Gasteiger partial charge is 0.0105 e. The Balaban J connectivity index is 1.75. The normalized spacial score (nSPS) is 22.2. The molecule has 0 aromatic carbocycles. The summed E-state index contributed by atoms with van der Waals surface area (Å²) < 4.78 is 0. The summed E-state index contributed by atoms with van der Waals surface area (Å²) in [6.45, 7) is 3.59. The van der Waals surface area contributed by atoms with E-state index in [1.165, 1.54) is 50.2 Å². The third-order valence-electron chi connectivity index (χ3n) is 3.46. The molecular formula is C13H22N2S. The van der Waals surface area contributed by atoms with Crippen LogP contribution in [-0.4, -0.2) is 37.6 Å². The number of rotatable bonds is 4. The van der Waals surface area contributed by atoms with Crippen molar-refractivity contribution in [3.05, 3.63) is 22.4 Å². The Labute approximate surface area is 103 Å². The van der Waals surface area contributed by atoms with Crippen LogP contribution in [-0.2, 0) is 6.42 Å². The maximum atomic E-state index is 3.48. The van der Waals surface area contributed by atoms with Crippen molar-refractivity contribution in [1.82, 2.24) is 10.2 Å². The number of likely N-dealkylation sites (N-methyl/N-ethyl adjacent to an activating group) is 1. The summed E-state index contributed by atoms with van der Waals surface area (Å²) in [5.74, 6) is 0. The van der Waals surface area contributed by atoms with Gasteiger partial charge in [0.15, 0.2) is 0 Å². The molecule has 1 N–H and O–H groups in total. The molecule has 2 nitrogen and oxygen atoms in total. The number of thiophene rings is 1. The molecule has 1 saturated heterocycles. The molecule has 2 rings (SSSR count). The van der Waals surface area contributed by atoms with E-state index in [2.05, 4.69) is 34.8 Å². The fourth-order valence-electron chi connectivity index (χ4n) is 2.37. The fourth-order valence-corrected chi connectivity index (χ4v) is 3.06. The molecule has 16 heavy (non-hydrogen) atoms. The maximum absolute atomic E-state index is 3.48. The van der Waals surface area contributed by atoms with Crippen LogP contribution in [0.25, 0.3) is 0 Å². The molecule has 0 amide bonds. The minimum absolute atomic E-state index is 0.787. The first-order chi connectivity index (χ1) is 7.86. The highest BCUT2D eigenvalue weighted by atomic mass is 32.1. The van der Waals surface area contributed by atoms with Crippen LogP contribution < -0.4 is 5.32 Å². The number of hydrogen-bond donors (Lipinski definition) is 1. The van der Waals surface area contributed by atoms with Crippen LogP contribution in [0, 0.1) is 0 Å². The van der Waals surface area contributed by atoms with Gasteiger partial charge in [-0.25, -0.2) is 0 Å². The Kier molecular flexibility index (Phi) is 4.82. The molecule has 0 saturated carbocycles. The van der Waals surface area contributed by atoms with E-state index in [1.807, 2.05) is 11.3 Å². The van der Waals surface area contributed by atoms with E-state index in [4.69, 9.17) is 0 Å². The predicted molar refractivity (Wildman–Crippen MR) is 71.2 cm³/mol. The molecule has 3 heteroatoms. The van der Waals surface area contributed by atoms with Gasteiger partial charge in [0, 0.05) is 17.5 Å². The molecule has 2 heterocycles. The van der Waals surface area contributed by atoms with Gasteiger partial charge in [0.1, 0.15) is 0 Å². The van der Waals surface area contributed by atoms with E-state index in [9.17, 15) is 0 Å². The second-order valence-electron chi connectivity index (χ2n) is 4.64. The van der Waals surface area contributed by atoms with E-state index in [-0.39, 0.29) is 0 Å². The van der Waals surface area contributed by atoms with Crippen LogP contribution in [0.4, 0.5) is 0 Å². The standard InChI is InChI=1S/C13H22N2S/c1-15(10-7-13-5-3-11-16-13)12-4-2-8-14-9-6-12/h3,5,11-12,14H,2,4,6-10H2,1H3. The average Bonchev–Trinajstić information content (AvgIpc) is 2.66. The molecule has 0 radical (unpaired) electrons. The summed E-state index contributed by atoms with van der Waals surface area (Å²) in [6, 6.07) is 5.18. The highest BCUT2D eigenvalue weighted by Gasteiger charge is 2.16. The number of nitrogens with zero attached hydrogens (tertiary/aromatic N) is 1. The van der Waals surface area contributed by atoms with Crippen LogP contribution in [0.2, 0.25) is 0 Å². The van der Waals surface area contributed by atoms with E-state index >= 15 is 0 Å². The summed E-state index contributed by atoms with van der Waals surface area (Å²) in [5.41, 5.74) is 0. The van der Waals surface area contributed by atoms with Crippen molar-refractivity contribution in [2.45, 2.75) is 31.7 Å². The molecule has 1 aromatic rings. The Hall–Kier alpha value is -0.380. The minimum Gasteiger partial charge on any atom is -0.317 e. The van der Waals surface area contributed by atoms with Crippen molar-refractivity contribution in [2.75, 3.05) is 26.7 Å². The molecule has 0 bridgehead atoms. The molecule has 1 aliphatic rings. The molecular weight excluding hydrogens is 216 g/mol. The fraction of sp³-hybridized carbons (Fsp3) is 0.692. The van der Waals surface area contributed by atoms with Crippen molar-refractivity contribution in [1.29, 1.82) is 0 Å². The third kappa shape index (κ3) is 3.58. The largest absolute Gasteiger partial charge is 0.317 e. The van der Waals surface area contributed by atoms with E-state index in [0.717, 1.165) is 6.04 Å². The summed E-state index contributed by atoms with van der Waals surface area (Å²) in [4.78, 5) is 4.06. The van der Waals surface area contributed by atoms with Gasteiger partial charge in [-0.15, -0.1) is 11.3 Å². The summed E-state index contributed by atoms with van der Waals surface area (Å²) >= 11 is 1.88. The van der Waals surface area contributed by atoms with Gasteiger partial charge in [0.2, 0.25) is 0 Å². The Morgan fingerprint density at radius 1 is 1.44 bits per heavy atom. The predicted octanol–water partition coefficient (Wildman–Crippen LogP) is 2.36. The molecule has 90 valence electrons. The second-order valence-corrected chi connectivity index (χ2v) is 5.68. The lowest BCUT2D eigenvalue weighted by Crippen LogP contribution is -2.33. The van der Waals surface area contributed by atoms with Crippen LogP contribution in [0.5, 0.6) is 0 Å². The highest BCUT2D eigenvalue weighted by Crippen LogP contribution is 2.14. The number of nitrogens with one attached hydrogen (secondary N) is 1. The molecule has 0 aliphatic carbocycles. The average molecular weight is 238 g/mol. The van der Waals surface area contributed by atoms with Gasteiger partial charge in [-0.2, -0.15) is 0 Å². The maximum Gasteiger partial charge on any atom is 0.0105 e.